The second-order valence-corrected chi connectivity index (χ2v) is 6.87. The summed E-state index contributed by atoms with van der Waals surface area (Å²) >= 11 is 0. The largest absolute Gasteiger partial charge is 0.464 e. The molecule has 1 atom stereocenters. The first-order valence-corrected chi connectivity index (χ1v) is 9.65. The number of unbranched alkanes of at least 4 members (excludes halogenated alkanes) is 5. The van der Waals surface area contributed by atoms with Crippen molar-refractivity contribution >= 4 is 17.8 Å². The van der Waals surface area contributed by atoms with Crippen LogP contribution in [0.3, 0.4) is 0 Å². The molecule has 0 bridgehead atoms. The van der Waals surface area contributed by atoms with Crippen LogP contribution < -0.4 is 0 Å². The van der Waals surface area contributed by atoms with Crippen molar-refractivity contribution in [2.45, 2.75) is 71.3 Å². The molecule has 1 fully saturated rings. The molecule has 0 spiro atoms. The molecule has 0 N–H and O–H groups in total. The highest BCUT2D eigenvalue weighted by atomic mass is 16.5. The fourth-order valence-electron chi connectivity index (χ4n) is 3.26. The van der Waals surface area contributed by atoms with Crippen LogP contribution in [-0.2, 0) is 14.3 Å². The zero-order valence-corrected chi connectivity index (χ0v) is 15.8. The third kappa shape index (κ3) is 5.16. The molecule has 0 aliphatic carbocycles. The van der Waals surface area contributed by atoms with E-state index >= 15 is 0 Å². The van der Waals surface area contributed by atoms with Gasteiger partial charge < -0.3 is 4.74 Å². The monoisotopic (exact) mass is 359 g/mol. The number of ether oxygens (including phenoxy) is 1. The van der Waals surface area contributed by atoms with Gasteiger partial charge >= 0.3 is 5.97 Å². The van der Waals surface area contributed by atoms with Crippen LogP contribution in [0.1, 0.15) is 74.2 Å². The summed E-state index contributed by atoms with van der Waals surface area (Å²) < 4.78 is 5.34. The lowest BCUT2D eigenvalue weighted by Crippen LogP contribution is -2.44. The van der Waals surface area contributed by atoms with E-state index in [4.69, 9.17) is 4.74 Å². The van der Waals surface area contributed by atoms with E-state index < -0.39 is 17.9 Å². The highest BCUT2D eigenvalue weighted by Gasteiger charge is 2.41. The molecule has 1 aliphatic rings. The molecule has 1 aliphatic heterocycles. The Kier molecular flexibility index (Phi) is 7.82. The summed E-state index contributed by atoms with van der Waals surface area (Å²) in [7, 11) is 0. The van der Waals surface area contributed by atoms with Gasteiger partial charge in [0, 0.05) is 12.0 Å². The lowest BCUT2D eigenvalue weighted by molar-refractivity contribution is -0.150. The van der Waals surface area contributed by atoms with Crippen LogP contribution in [0.2, 0.25) is 0 Å². The van der Waals surface area contributed by atoms with Crippen LogP contribution in [0.15, 0.2) is 24.3 Å². The van der Waals surface area contributed by atoms with E-state index in [1.165, 1.54) is 19.3 Å². The Morgan fingerprint density at radius 2 is 1.81 bits per heavy atom. The number of esters is 1. The van der Waals surface area contributed by atoms with Crippen molar-refractivity contribution in [3.63, 3.8) is 0 Å². The first-order valence-electron chi connectivity index (χ1n) is 9.65. The van der Waals surface area contributed by atoms with Gasteiger partial charge in [0.25, 0.3) is 5.91 Å². The minimum absolute atomic E-state index is 0.203. The second kappa shape index (κ2) is 10.1. The Labute approximate surface area is 155 Å². The van der Waals surface area contributed by atoms with Gasteiger partial charge in [0.1, 0.15) is 6.04 Å². The first-order chi connectivity index (χ1) is 12.6. The number of hydrogen-bond acceptors (Lipinski definition) is 4. The van der Waals surface area contributed by atoms with Gasteiger partial charge in [-0.1, -0.05) is 57.2 Å². The maximum absolute atomic E-state index is 12.8. The second-order valence-electron chi connectivity index (χ2n) is 6.87. The van der Waals surface area contributed by atoms with Gasteiger partial charge in [-0.2, -0.15) is 0 Å². The van der Waals surface area contributed by atoms with E-state index in [1.54, 1.807) is 12.1 Å². The van der Waals surface area contributed by atoms with Gasteiger partial charge in [-0.3, -0.25) is 14.5 Å². The lowest BCUT2D eigenvalue weighted by Gasteiger charge is -2.22. The number of rotatable bonds is 9. The van der Waals surface area contributed by atoms with Gasteiger partial charge in [-0.25, -0.2) is 4.79 Å². The van der Waals surface area contributed by atoms with Crippen LogP contribution in [0.4, 0.5) is 0 Å². The minimum Gasteiger partial charge on any atom is -0.464 e. The number of hydrogen-bond donors (Lipinski definition) is 0. The van der Waals surface area contributed by atoms with E-state index in [1.807, 2.05) is 19.1 Å². The molecule has 142 valence electrons. The average Bonchev–Trinajstić information content (AvgIpc) is 3.02. The Balaban J connectivity index is 1.89. The number of amides is 2. The number of aryl methyl sites for hydroxylation is 1. The molecule has 1 saturated heterocycles. The van der Waals surface area contributed by atoms with Crippen molar-refractivity contribution < 1.29 is 19.1 Å². The molecule has 0 radical (unpaired) electrons. The molecule has 0 saturated carbocycles. The van der Waals surface area contributed by atoms with Crippen molar-refractivity contribution in [2.75, 3.05) is 6.61 Å². The van der Waals surface area contributed by atoms with Gasteiger partial charge in [0.15, 0.2) is 0 Å². The van der Waals surface area contributed by atoms with Crippen LogP contribution in [-0.4, -0.2) is 35.3 Å². The zero-order valence-electron chi connectivity index (χ0n) is 15.8. The standard InChI is InChI=1S/C21H29NO4/c1-3-4-5-6-7-10-15-26-21(25)18-13-14-19(23)22(18)20(24)17-12-9-8-11-16(17)2/h8-9,11-12,18H,3-7,10,13-15H2,1-2H3/t18-/m0/s1. The highest BCUT2D eigenvalue weighted by Crippen LogP contribution is 2.24. The predicted octanol–water partition coefficient (Wildman–Crippen LogP) is 4.03. The summed E-state index contributed by atoms with van der Waals surface area (Å²) in [4.78, 5) is 38.4. The van der Waals surface area contributed by atoms with Crippen LogP contribution in [0.25, 0.3) is 0 Å². The van der Waals surface area contributed by atoms with Crippen LogP contribution in [0.5, 0.6) is 0 Å². The Bertz CT molecular complexity index is 641. The molecule has 2 rings (SSSR count). The van der Waals surface area contributed by atoms with Gasteiger partial charge in [0.05, 0.1) is 6.61 Å². The molecular formula is C21H29NO4. The highest BCUT2D eigenvalue weighted by molar-refractivity contribution is 6.09. The van der Waals surface area contributed by atoms with Crippen molar-refractivity contribution in [1.29, 1.82) is 0 Å². The van der Waals surface area contributed by atoms with E-state index in [2.05, 4.69) is 6.92 Å². The maximum Gasteiger partial charge on any atom is 0.329 e. The molecule has 5 nitrogen and oxygen atoms in total. The first kappa shape index (κ1) is 20.1. The molecule has 1 aromatic rings. The van der Waals surface area contributed by atoms with Crippen molar-refractivity contribution in [3.8, 4) is 0 Å². The third-order valence-electron chi connectivity index (χ3n) is 4.82. The van der Waals surface area contributed by atoms with E-state index in [0.717, 1.165) is 29.7 Å². The zero-order chi connectivity index (χ0) is 18.9. The minimum atomic E-state index is -0.797. The number of imide groups is 1. The molecule has 0 unspecified atom stereocenters. The van der Waals surface area contributed by atoms with E-state index in [9.17, 15) is 14.4 Å². The molecular weight excluding hydrogens is 330 g/mol. The molecule has 5 heteroatoms. The van der Waals surface area contributed by atoms with Crippen molar-refractivity contribution in [2.24, 2.45) is 0 Å². The Morgan fingerprint density at radius 3 is 2.54 bits per heavy atom. The maximum atomic E-state index is 12.8. The summed E-state index contributed by atoms with van der Waals surface area (Å²) in [6.45, 7) is 4.34. The average molecular weight is 359 g/mol. The van der Waals surface area contributed by atoms with E-state index in [0.29, 0.717) is 18.6 Å². The van der Waals surface area contributed by atoms with E-state index in [-0.39, 0.29) is 12.3 Å². The summed E-state index contributed by atoms with van der Waals surface area (Å²) in [6.07, 6.45) is 7.19. The number of likely N-dealkylation sites (tertiary alicyclic amines) is 1. The number of carbonyl (C=O) groups is 3. The summed E-state index contributed by atoms with van der Waals surface area (Å²) in [6, 6.07) is 6.30. The fourth-order valence-corrected chi connectivity index (χ4v) is 3.26. The quantitative estimate of drug-likeness (QED) is 0.379. The number of nitrogens with zero attached hydrogens (tertiary/aromatic N) is 1. The summed E-state index contributed by atoms with van der Waals surface area (Å²) in [5, 5.41) is 0. The molecule has 0 aromatic heterocycles. The smallest absolute Gasteiger partial charge is 0.329 e. The Morgan fingerprint density at radius 1 is 1.12 bits per heavy atom. The molecule has 1 heterocycles. The SMILES string of the molecule is CCCCCCCCOC(=O)[C@@H]1CCC(=O)N1C(=O)c1ccccc1C. The Hall–Kier alpha value is -2.17. The normalized spacial score (nSPS) is 16.8. The molecule has 26 heavy (non-hydrogen) atoms. The third-order valence-corrected chi connectivity index (χ3v) is 4.82. The van der Waals surface area contributed by atoms with Crippen molar-refractivity contribution in [3.05, 3.63) is 35.4 Å². The van der Waals surface area contributed by atoms with Gasteiger partial charge in [-0.05, 0) is 31.4 Å². The van der Waals surface area contributed by atoms with Gasteiger partial charge in [0.2, 0.25) is 5.91 Å². The summed E-state index contributed by atoms with van der Waals surface area (Å²) in [5.41, 5.74) is 1.24. The van der Waals surface area contributed by atoms with Gasteiger partial charge in [-0.15, -0.1) is 0 Å². The van der Waals surface area contributed by atoms with Crippen LogP contribution in [0, 0.1) is 6.92 Å². The summed E-state index contributed by atoms with van der Waals surface area (Å²) in [5.74, 6) is -1.18. The number of benzene rings is 1. The molecule has 1 aromatic carbocycles. The van der Waals surface area contributed by atoms with Crippen molar-refractivity contribution in [1.82, 2.24) is 4.90 Å². The lowest BCUT2D eigenvalue weighted by atomic mass is 10.1. The molecule has 2 amide bonds. The fraction of sp³-hybridized carbons (Fsp3) is 0.571. The topological polar surface area (TPSA) is 63.7 Å². The van der Waals surface area contributed by atoms with Crippen LogP contribution >= 0.6 is 0 Å². The predicted molar refractivity (Wildman–Crippen MR) is 99.7 cm³/mol. The number of carbonyl (C=O) groups excluding carboxylic acids is 3.